The minimum absolute atomic E-state index is 0.0680. The van der Waals surface area contributed by atoms with Gasteiger partial charge in [0.1, 0.15) is 0 Å². The Labute approximate surface area is 101 Å². The second-order valence-corrected chi connectivity index (χ2v) is 4.89. The van der Waals surface area contributed by atoms with E-state index in [1.807, 2.05) is 36.4 Å². The number of aliphatic hydroxyl groups is 1. The summed E-state index contributed by atoms with van der Waals surface area (Å²) in [5.74, 6) is 0.0680. The number of fused-ring (bicyclic) bond motifs is 1. The lowest BCUT2D eigenvalue weighted by Crippen LogP contribution is -2.15. The van der Waals surface area contributed by atoms with E-state index in [4.69, 9.17) is 0 Å². The third-order valence-electron chi connectivity index (χ3n) is 2.95. The summed E-state index contributed by atoms with van der Waals surface area (Å²) < 4.78 is 0. The molecule has 2 aromatic rings. The molecule has 88 valence electrons. The van der Waals surface area contributed by atoms with Crippen molar-refractivity contribution in [2.75, 3.05) is 0 Å². The topological polar surface area (TPSA) is 37.3 Å². The van der Waals surface area contributed by atoms with Crippen LogP contribution >= 0.6 is 0 Å². The van der Waals surface area contributed by atoms with Crippen LogP contribution in [0.15, 0.2) is 36.4 Å². The number of rotatable bonds is 2. The quantitative estimate of drug-likeness (QED) is 0.801. The lowest BCUT2D eigenvalue weighted by molar-refractivity contribution is 0.0787. The Kier molecular flexibility index (Phi) is 2.76. The molecule has 1 N–H and O–H groups in total. The highest BCUT2D eigenvalue weighted by Gasteiger charge is 2.15. The maximum Gasteiger partial charge on any atom is 0.159 e. The molecule has 0 aliphatic rings. The van der Waals surface area contributed by atoms with Crippen LogP contribution in [-0.2, 0) is 5.60 Å². The zero-order valence-electron chi connectivity index (χ0n) is 10.3. The van der Waals surface area contributed by atoms with Gasteiger partial charge in [0.05, 0.1) is 5.60 Å². The van der Waals surface area contributed by atoms with Gasteiger partial charge in [0, 0.05) is 5.56 Å². The first-order valence-corrected chi connectivity index (χ1v) is 5.65. The second-order valence-electron chi connectivity index (χ2n) is 4.89. The summed E-state index contributed by atoms with van der Waals surface area (Å²) >= 11 is 0. The van der Waals surface area contributed by atoms with Gasteiger partial charge in [-0.1, -0.05) is 24.3 Å². The first-order valence-electron chi connectivity index (χ1n) is 5.65. The third-order valence-corrected chi connectivity index (χ3v) is 2.95. The van der Waals surface area contributed by atoms with Gasteiger partial charge in [-0.2, -0.15) is 0 Å². The van der Waals surface area contributed by atoms with Crippen molar-refractivity contribution < 1.29 is 9.90 Å². The molecule has 0 saturated carbocycles. The fourth-order valence-electron chi connectivity index (χ4n) is 1.85. The van der Waals surface area contributed by atoms with Gasteiger partial charge < -0.3 is 5.11 Å². The van der Waals surface area contributed by atoms with E-state index in [0.29, 0.717) is 5.56 Å². The number of benzene rings is 2. The zero-order chi connectivity index (χ0) is 12.6. The SMILES string of the molecule is CC(=O)c1ccc2cc(C(C)(C)O)ccc2c1. The molecule has 0 radical (unpaired) electrons. The Balaban J connectivity index is 2.58. The molecule has 0 aliphatic heterocycles. The Hall–Kier alpha value is -1.67. The van der Waals surface area contributed by atoms with Gasteiger partial charge in [-0.3, -0.25) is 4.79 Å². The van der Waals surface area contributed by atoms with Crippen LogP contribution in [-0.4, -0.2) is 10.9 Å². The Morgan fingerprint density at radius 1 is 1.06 bits per heavy atom. The molecule has 2 nitrogen and oxygen atoms in total. The molecule has 0 bridgehead atoms. The van der Waals surface area contributed by atoms with Crippen LogP contribution < -0.4 is 0 Å². The molecular formula is C15H16O2. The Bertz CT molecular complexity index is 577. The van der Waals surface area contributed by atoms with Crippen molar-refractivity contribution in [3.05, 3.63) is 47.5 Å². The maximum absolute atomic E-state index is 11.3. The van der Waals surface area contributed by atoms with Gasteiger partial charge in [-0.05, 0) is 49.2 Å². The zero-order valence-corrected chi connectivity index (χ0v) is 10.3. The van der Waals surface area contributed by atoms with E-state index in [-0.39, 0.29) is 5.78 Å². The fourth-order valence-corrected chi connectivity index (χ4v) is 1.85. The van der Waals surface area contributed by atoms with Crippen LogP contribution in [0.3, 0.4) is 0 Å². The molecule has 0 spiro atoms. The van der Waals surface area contributed by atoms with Gasteiger partial charge in [0.2, 0.25) is 0 Å². The number of hydrogen-bond donors (Lipinski definition) is 1. The number of carbonyl (C=O) groups is 1. The van der Waals surface area contributed by atoms with E-state index < -0.39 is 5.60 Å². The summed E-state index contributed by atoms with van der Waals surface area (Å²) in [7, 11) is 0. The molecule has 2 rings (SSSR count). The van der Waals surface area contributed by atoms with Crippen molar-refractivity contribution in [1.82, 2.24) is 0 Å². The fraction of sp³-hybridized carbons (Fsp3) is 0.267. The van der Waals surface area contributed by atoms with E-state index in [1.165, 1.54) is 0 Å². The molecule has 0 aromatic heterocycles. The number of hydrogen-bond acceptors (Lipinski definition) is 2. The molecule has 0 aliphatic carbocycles. The summed E-state index contributed by atoms with van der Waals surface area (Å²) in [4.78, 5) is 11.3. The summed E-state index contributed by atoms with van der Waals surface area (Å²) in [6, 6.07) is 11.4. The van der Waals surface area contributed by atoms with Crippen LogP contribution in [0, 0.1) is 0 Å². The van der Waals surface area contributed by atoms with Gasteiger partial charge in [0.25, 0.3) is 0 Å². The van der Waals surface area contributed by atoms with Crippen LogP contribution in [0.25, 0.3) is 10.8 Å². The van der Waals surface area contributed by atoms with Gasteiger partial charge >= 0.3 is 0 Å². The van der Waals surface area contributed by atoms with E-state index >= 15 is 0 Å². The number of ketones is 1. The van der Waals surface area contributed by atoms with Crippen molar-refractivity contribution in [3.63, 3.8) is 0 Å². The summed E-state index contributed by atoms with van der Waals surface area (Å²) in [5, 5.41) is 12.0. The first kappa shape index (κ1) is 11.8. The van der Waals surface area contributed by atoms with Crippen molar-refractivity contribution in [2.45, 2.75) is 26.4 Å². The van der Waals surface area contributed by atoms with Crippen molar-refractivity contribution in [2.24, 2.45) is 0 Å². The van der Waals surface area contributed by atoms with E-state index in [2.05, 4.69) is 0 Å². The van der Waals surface area contributed by atoms with E-state index in [9.17, 15) is 9.90 Å². The second kappa shape index (κ2) is 3.97. The Morgan fingerprint density at radius 3 is 2.24 bits per heavy atom. The highest BCUT2D eigenvalue weighted by molar-refractivity contribution is 5.98. The van der Waals surface area contributed by atoms with Crippen LogP contribution in [0.5, 0.6) is 0 Å². The predicted octanol–water partition coefficient (Wildman–Crippen LogP) is 3.27. The van der Waals surface area contributed by atoms with Crippen LogP contribution in [0.1, 0.15) is 36.7 Å². The molecule has 0 unspecified atom stereocenters. The average Bonchev–Trinajstić information content (AvgIpc) is 2.26. The molecule has 2 heteroatoms. The summed E-state index contributed by atoms with van der Waals surface area (Å²) in [6.07, 6.45) is 0. The standard InChI is InChI=1S/C15H16O2/c1-10(16)11-4-5-13-9-14(15(2,3)17)7-6-12(13)8-11/h4-9,17H,1-3H3. The van der Waals surface area contributed by atoms with E-state index in [0.717, 1.165) is 16.3 Å². The normalized spacial score (nSPS) is 11.8. The average molecular weight is 228 g/mol. The molecule has 0 amide bonds. The monoisotopic (exact) mass is 228 g/mol. The molecule has 0 heterocycles. The predicted molar refractivity (Wildman–Crippen MR) is 69.2 cm³/mol. The maximum atomic E-state index is 11.3. The van der Waals surface area contributed by atoms with Crippen molar-refractivity contribution >= 4 is 16.6 Å². The van der Waals surface area contributed by atoms with Crippen molar-refractivity contribution in [1.29, 1.82) is 0 Å². The third kappa shape index (κ3) is 2.37. The molecule has 17 heavy (non-hydrogen) atoms. The molecule has 2 aromatic carbocycles. The molecule has 0 atom stereocenters. The molecular weight excluding hydrogens is 212 g/mol. The molecule has 0 fully saturated rings. The van der Waals surface area contributed by atoms with Gasteiger partial charge in [0.15, 0.2) is 5.78 Å². The summed E-state index contributed by atoms with van der Waals surface area (Å²) in [6.45, 7) is 5.09. The highest BCUT2D eigenvalue weighted by Crippen LogP contribution is 2.25. The minimum atomic E-state index is -0.840. The van der Waals surface area contributed by atoms with Crippen molar-refractivity contribution in [3.8, 4) is 0 Å². The van der Waals surface area contributed by atoms with Gasteiger partial charge in [-0.25, -0.2) is 0 Å². The summed E-state index contributed by atoms with van der Waals surface area (Å²) in [5.41, 5.74) is 0.752. The van der Waals surface area contributed by atoms with Crippen LogP contribution in [0.4, 0.5) is 0 Å². The lowest BCUT2D eigenvalue weighted by atomic mass is 9.95. The van der Waals surface area contributed by atoms with Gasteiger partial charge in [-0.15, -0.1) is 0 Å². The minimum Gasteiger partial charge on any atom is -0.386 e. The Morgan fingerprint density at radius 2 is 1.65 bits per heavy atom. The number of carbonyl (C=O) groups excluding carboxylic acids is 1. The first-order chi connectivity index (χ1) is 7.88. The number of Topliss-reactive ketones (excluding diaryl/α,β-unsaturated/α-hetero) is 1. The van der Waals surface area contributed by atoms with E-state index in [1.54, 1.807) is 20.8 Å². The van der Waals surface area contributed by atoms with Crippen LogP contribution in [0.2, 0.25) is 0 Å². The lowest BCUT2D eigenvalue weighted by Gasteiger charge is -2.18. The largest absolute Gasteiger partial charge is 0.386 e. The highest BCUT2D eigenvalue weighted by atomic mass is 16.3. The smallest absolute Gasteiger partial charge is 0.159 e. The molecule has 0 saturated heterocycles.